The van der Waals surface area contributed by atoms with Gasteiger partial charge in [0.1, 0.15) is 11.0 Å². The van der Waals surface area contributed by atoms with Crippen LogP contribution in [0.4, 0.5) is 0 Å². The summed E-state index contributed by atoms with van der Waals surface area (Å²) in [5.41, 5.74) is 3.78. The van der Waals surface area contributed by atoms with Crippen molar-refractivity contribution in [3.63, 3.8) is 0 Å². The van der Waals surface area contributed by atoms with Gasteiger partial charge in [0, 0.05) is 0 Å². The van der Waals surface area contributed by atoms with E-state index >= 15 is 0 Å². The van der Waals surface area contributed by atoms with Crippen LogP contribution in [0.5, 0.6) is 0 Å². The summed E-state index contributed by atoms with van der Waals surface area (Å²) < 4.78 is 8.31. The van der Waals surface area contributed by atoms with Crippen LogP contribution in [0, 0.1) is 13.8 Å². The number of nitrogens with zero attached hydrogens (tertiary/aromatic N) is 2. The second-order valence-electron chi connectivity index (χ2n) is 3.74. The van der Waals surface area contributed by atoms with Crippen LogP contribution in [0.3, 0.4) is 0 Å². The molecule has 16 heavy (non-hydrogen) atoms. The lowest BCUT2D eigenvalue weighted by Gasteiger charge is -2.04. The first-order valence-corrected chi connectivity index (χ1v) is 5.45. The average Bonchev–Trinajstić information content (AvgIpc) is 2.80. The molecule has 2 heterocycles. The highest BCUT2D eigenvalue weighted by Crippen LogP contribution is 2.31. The van der Waals surface area contributed by atoms with Crippen LogP contribution in [0.2, 0.25) is 0 Å². The van der Waals surface area contributed by atoms with Crippen LogP contribution >= 0.6 is 11.7 Å². The lowest BCUT2D eigenvalue weighted by atomic mass is 9.97. The van der Waals surface area contributed by atoms with Gasteiger partial charge in [-0.1, -0.05) is 0 Å². The molecule has 0 fully saturated rings. The molecule has 0 saturated heterocycles. The first kappa shape index (κ1) is 9.41. The largest absolute Gasteiger partial charge is 0.288 e. The summed E-state index contributed by atoms with van der Waals surface area (Å²) in [5.74, 6) is -0.675. The number of nitrogens with one attached hydrogen (secondary N) is 1. The Balaban J connectivity index is 2.58. The minimum Gasteiger partial charge on any atom is -0.288 e. The number of aryl methyl sites for hydroxylation is 2. The Morgan fingerprint density at radius 3 is 1.81 bits per heavy atom. The summed E-state index contributed by atoms with van der Waals surface area (Å²) in [7, 11) is 0. The molecule has 2 aromatic rings. The molecule has 80 valence electrons. The molecular formula is C10H7N3O2S. The molecule has 0 radical (unpaired) electrons. The highest BCUT2D eigenvalue weighted by atomic mass is 32.1. The maximum atomic E-state index is 11.6. The zero-order chi connectivity index (χ0) is 11.4. The van der Waals surface area contributed by atoms with Crippen molar-refractivity contribution in [1.82, 2.24) is 14.1 Å². The Hall–Kier alpha value is -1.82. The van der Waals surface area contributed by atoms with Crippen molar-refractivity contribution in [2.45, 2.75) is 13.8 Å². The van der Waals surface area contributed by atoms with Crippen molar-refractivity contribution < 1.29 is 9.59 Å². The van der Waals surface area contributed by atoms with E-state index in [-0.39, 0.29) is 11.8 Å². The topological polar surface area (TPSA) is 72.0 Å². The smallest absolute Gasteiger partial charge is 0.259 e. The van der Waals surface area contributed by atoms with Gasteiger partial charge in [-0.15, -0.1) is 0 Å². The fourth-order valence-electron chi connectivity index (χ4n) is 2.09. The van der Waals surface area contributed by atoms with Crippen molar-refractivity contribution in [3.8, 4) is 0 Å². The molecule has 0 saturated carbocycles. The summed E-state index contributed by atoms with van der Waals surface area (Å²) in [6, 6.07) is 0. The second-order valence-corrected chi connectivity index (χ2v) is 4.27. The Bertz CT molecular complexity index is 606. The minimum absolute atomic E-state index is 0.337. The van der Waals surface area contributed by atoms with Crippen molar-refractivity contribution >= 4 is 34.6 Å². The van der Waals surface area contributed by atoms with E-state index in [1.807, 2.05) is 0 Å². The number of fused-ring (bicyclic) bond motifs is 2. The third kappa shape index (κ3) is 0.943. The Morgan fingerprint density at radius 2 is 1.38 bits per heavy atom. The maximum absolute atomic E-state index is 11.6. The van der Waals surface area contributed by atoms with E-state index in [4.69, 9.17) is 0 Å². The predicted molar refractivity (Wildman–Crippen MR) is 58.7 cm³/mol. The number of hydrogen-bond acceptors (Lipinski definition) is 5. The molecule has 1 N–H and O–H groups in total. The van der Waals surface area contributed by atoms with Crippen molar-refractivity contribution in [3.05, 3.63) is 22.3 Å². The molecule has 1 aromatic heterocycles. The van der Waals surface area contributed by atoms with E-state index in [0.29, 0.717) is 22.2 Å². The highest BCUT2D eigenvalue weighted by Gasteiger charge is 2.33. The quantitative estimate of drug-likeness (QED) is 0.694. The summed E-state index contributed by atoms with van der Waals surface area (Å²) in [6.07, 6.45) is 0. The Kier molecular flexibility index (Phi) is 1.68. The van der Waals surface area contributed by atoms with Crippen molar-refractivity contribution in [2.75, 3.05) is 0 Å². The normalized spacial score (nSPS) is 14.4. The van der Waals surface area contributed by atoms with Crippen LogP contribution in [-0.4, -0.2) is 20.6 Å². The molecule has 0 aliphatic carbocycles. The molecule has 6 heteroatoms. The molecule has 0 spiro atoms. The summed E-state index contributed by atoms with van der Waals surface area (Å²) in [5, 5.41) is 2.30. The first-order valence-electron chi connectivity index (χ1n) is 4.72. The van der Waals surface area contributed by atoms with E-state index < -0.39 is 0 Å². The highest BCUT2D eigenvalue weighted by molar-refractivity contribution is 7.00. The minimum atomic E-state index is -0.337. The van der Waals surface area contributed by atoms with E-state index in [9.17, 15) is 9.59 Å². The second kappa shape index (κ2) is 2.85. The Labute approximate surface area is 94.8 Å². The molecule has 0 atom stereocenters. The average molecular weight is 233 g/mol. The number of carbonyl (C=O) groups excluding carboxylic acids is 2. The molecule has 2 amide bonds. The van der Waals surface area contributed by atoms with Crippen LogP contribution in [0.15, 0.2) is 0 Å². The van der Waals surface area contributed by atoms with Gasteiger partial charge in [0.15, 0.2) is 0 Å². The third-order valence-electron chi connectivity index (χ3n) is 2.88. The monoisotopic (exact) mass is 233 g/mol. The summed E-state index contributed by atoms with van der Waals surface area (Å²) >= 11 is 1.09. The third-order valence-corrected chi connectivity index (χ3v) is 3.41. The van der Waals surface area contributed by atoms with Crippen molar-refractivity contribution in [1.29, 1.82) is 0 Å². The van der Waals surface area contributed by atoms with E-state index in [1.54, 1.807) is 13.8 Å². The van der Waals surface area contributed by atoms with Gasteiger partial charge in [-0.25, -0.2) is 0 Å². The van der Waals surface area contributed by atoms with E-state index in [1.165, 1.54) is 0 Å². The maximum Gasteiger partial charge on any atom is 0.259 e. The summed E-state index contributed by atoms with van der Waals surface area (Å²) in [6.45, 7) is 3.58. The predicted octanol–water partition coefficient (Wildman–Crippen LogP) is 1.19. The fraction of sp³-hybridized carbons (Fsp3) is 0.200. The van der Waals surface area contributed by atoms with E-state index in [2.05, 4.69) is 14.1 Å². The van der Waals surface area contributed by atoms with Crippen LogP contribution in [-0.2, 0) is 0 Å². The lowest BCUT2D eigenvalue weighted by molar-refractivity contribution is 0.0879. The van der Waals surface area contributed by atoms with Gasteiger partial charge < -0.3 is 0 Å². The van der Waals surface area contributed by atoms with Gasteiger partial charge in [0.2, 0.25) is 0 Å². The van der Waals surface area contributed by atoms with Gasteiger partial charge in [0.25, 0.3) is 11.8 Å². The van der Waals surface area contributed by atoms with Crippen LogP contribution in [0.25, 0.3) is 11.0 Å². The number of amides is 2. The molecule has 3 rings (SSSR count). The van der Waals surface area contributed by atoms with Gasteiger partial charge in [-0.2, -0.15) is 8.75 Å². The van der Waals surface area contributed by atoms with E-state index in [0.717, 1.165) is 22.9 Å². The molecule has 0 bridgehead atoms. The number of aromatic nitrogens is 2. The fourth-order valence-corrected chi connectivity index (χ4v) is 2.74. The first-order chi connectivity index (χ1) is 7.61. The standard InChI is InChI=1S/C10H7N3O2S/c1-3-5-6(10(15)11-9(5)14)4(2)8-7(3)12-16-13-8/h1-2H3,(H,11,14,15). The van der Waals surface area contributed by atoms with Crippen LogP contribution < -0.4 is 5.32 Å². The van der Waals surface area contributed by atoms with Gasteiger partial charge in [-0.05, 0) is 25.0 Å². The SMILES string of the molecule is Cc1c2c(c(C)c3nsnc13)C(=O)NC2=O. The Morgan fingerprint density at radius 1 is 0.938 bits per heavy atom. The molecule has 1 aliphatic rings. The molecule has 1 aromatic carbocycles. The van der Waals surface area contributed by atoms with Crippen molar-refractivity contribution in [2.24, 2.45) is 0 Å². The number of imide groups is 1. The van der Waals surface area contributed by atoms with Gasteiger partial charge in [0.05, 0.1) is 22.9 Å². The number of hydrogen-bond donors (Lipinski definition) is 1. The zero-order valence-electron chi connectivity index (χ0n) is 8.62. The zero-order valence-corrected chi connectivity index (χ0v) is 9.44. The number of carbonyl (C=O) groups is 2. The summed E-state index contributed by atoms with van der Waals surface area (Å²) in [4.78, 5) is 23.3. The molecular weight excluding hydrogens is 226 g/mol. The lowest BCUT2D eigenvalue weighted by Crippen LogP contribution is -2.20. The van der Waals surface area contributed by atoms with Crippen LogP contribution in [0.1, 0.15) is 31.8 Å². The molecule has 0 unspecified atom stereocenters. The van der Waals surface area contributed by atoms with Gasteiger partial charge >= 0.3 is 0 Å². The number of rotatable bonds is 0. The van der Waals surface area contributed by atoms with Gasteiger partial charge in [-0.3, -0.25) is 14.9 Å². The molecule has 1 aliphatic heterocycles. The molecule has 5 nitrogen and oxygen atoms in total. The number of benzene rings is 1.